The van der Waals surface area contributed by atoms with Crippen LogP contribution in [-0.4, -0.2) is 81.3 Å². The number of aliphatic imine (C=N–C) groups is 1. The molecule has 9 heteroatoms. The van der Waals surface area contributed by atoms with Gasteiger partial charge in [-0.05, 0) is 56.4 Å². The first-order valence-electron chi connectivity index (χ1n) is 13.4. The molecule has 1 unspecified atom stereocenters. The number of rotatable bonds is 7. The van der Waals surface area contributed by atoms with Gasteiger partial charge in [-0.15, -0.1) is 0 Å². The van der Waals surface area contributed by atoms with Crippen molar-refractivity contribution < 1.29 is 29.8 Å². The van der Waals surface area contributed by atoms with Gasteiger partial charge < -0.3 is 35.9 Å². The lowest BCUT2D eigenvalue weighted by atomic mass is 9.40. The zero-order valence-electron chi connectivity index (χ0n) is 21.1. The van der Waals surface area contributed by atoms with E-state index in [2.05, 4.69) is 10.3 Å². The van der Waals surface area contributed by atoms with Crippen molar-refractivity contribution >= 4 is 11.9 Å². The van der Waals surface area contributed by atoms with E-state index in [1.165, 1.54) is 12.0 Å². The van der Waals surface area contributed by atoms with E-state index < -0.39 is 17.0 Å². The van der Waals surface area contributed by atoms with Crippen LogP contribution in [0, 0.1) is 34.5 Å². The van der Waals surface area contributed by atoms with Gasteiger partial charge >= 0.3 is 0 Å². The molecule has 0 amide bonds. The molecule has 2 spiro atoms. The zero-order chi connectivity index (χ0) is 25.0. The Morgan fingerprint density at radius 2 is 2.06 bits per heavy atom. The summed E-state index contributed by atoms with van der Waals surface area (Å²) in [5.41, 5.74) is 5.34. The maximum absolute atomic E-state index is 12.7. The number of aliphatic hydroxyl groups is 2. The van der Waals surface area contributed by atoms with Crippen LogP contribution in [0.1, 0.15) is 44.9 Å². The minimum atomic E-state index is -1.54. The molecule has 4 aliphatic carbocycles. The van der Waals surface area contributed by atoms with Gasteiger partial charge in [0, 0.05) is 49.4 Å². The molecule has 0 aromatic carbocycles. The molecule has 5 aliphatic rings. The summed E-state index contributed by atoms with van der Waals surface area (Å²) in [7, 11) is 3.27. The maximum atomic E-state index is 12.7. The monoisotopic (exact) mass is 490 g/mol. The Bertz CT molecular complexity index is 923. The number of likely N-dealkylation sites (tertiary alicyclic amines) is 1. The number of methoxy groups -OCH3 is 1. The summed E-state index contributed by atoms with van der Waals surface area (Å²) in [6.07, 6.45) is 6.61. The number of nitrogens with one attached hydrogen (secondary N) is 2. The van der Waals surface area contributed by atoms with Gasteiger partial charge in [-0.2, -0.15) is 0 Å². The SMILES string of the molecule is CN=C(N)[NH+]1CC[C@H](CNCCO)[C@@]2(C1)[C@@H]1CC[C@H]3CCC[C@H]4[C@@]32C(=C(C(=O)[O-])[C@]4(O)COC)C1. The third kappa shape index (κ3) is 3.18. The number of allylic oxidation sites excluding steroid dienone is 1. The zero-order valence-corrected chi connectivity index (χ0v) is 21.1. The van der Waals surface area contributed by atoms with Crippen molar-refractivity contribution in [1.29, 1.82) is 0 Å². The quantitative estimate of drug-likeness (QED) is 0.159. The molecule has 1 aliphatic heterocycles. The molecule has 0 aromatic heterocycles. The summed E-state index contributed by atoms with van der Waals surface area (Å²) < 4.78 is 5.50. The van der Waals surface area contributed by atoms with Crippen molar-refractivity contribution in [3.8, 4) is 0 Å². The highest BCUT2D eigenvalue weighted by atomic mass is 16.5. The highest BCUT2D eigenvalue weighted by Gasteiger charge is 2.80. The molecule has 6 N–H and O–H groups in total. The molecule has 1 saturated heterocycles. The summed E-state index contributed by atoms with van der Waals surface area (Å²) in [6.45, 7) is 3.04. The molecule has 3 saturated carbocycles. The van der Waals surface area contributed by atoms with Crippen LogP contribution in [0.3, 0.4) is 0 Å². The average Bonchev–Trinajstić information content (AvgIpc) is 3.12. The average molecular weight is 491 g/mol. The number of carbonyl (C=O) groups is 1. The van der Waals surface area contributed by atoms with Crippen LogP contribution in [0.5, 0.6) is 0 Å². The smallest absolute Gasteiger partial charge is 0.293 e. The number of hydrogen-bond donors (Lipinski definition) is 5. The van der Waals surface area contributed by atoms with Crippen LogP contribution < -0.4 is 21.1 Å². The van der Waals surface area contributed by atoms with Crippen molar-refractivity contribution in [3.63, 3.8) is 0 Å². The predicted molar refractivity (Wildman–Crippen MR) is 128 cm³/mol. The van der Waals surface area contributed by atoms with Gasteiger partial charge in [0.25, 0.3) is 5.96 Å². The second-order valence-corrected chi connectivity index (χ2v) is 11.6. The standard InChI is InChI=1S/C26H42N4O5/c1-28-23(27)30-10-8-18(13-29-9-11-31)24(14-30)17-7-6-16-4-3-5-20-25(34,15-35-2)21(22(32)33)19(12-17)26(16,20)24/h16-18,20,29,31,34H,3-15H2,1-2H3,(H2,27,28)(H,32,33)/t16-,17-,18-,20-,24-,25+,26+/m1/s1. The molecule has 8 atom stereocenters. The van der Waals surface area contributed by atoms with Gasteiger partial charge in [-0.25, -0.2) is 4.99 Å². The number of aliphatic hydroxyl groups excluding tert-OH is 1. The van der Waals surface area contributed by atoms with Gasteiger partial charge in [-0.1, -0.05) is 12.0 Å². The number of hydrogen-bond acceptors (Lipinski definition) is 7. The highest BCUT2D eigenvalue weighted by Crippen LogP contribution is 2.80. The largest absolute Gasteiger partial charge is 0.545 e. The molecule has 1 heterocycles. The number of quaternary nitrogens is 1. The molecule has 0 aromatic rings. The number of piperidine rings is 1. The topological polar surface area (TPSA) is 145 Å². The number of carboxylic acids is 1. The fourth-order valence-corrected chi connectivity index (χ4v) is 10.0. The Kier molecular flexibility index (Phi) is 6.54. The van der Waals surface area contributed by atoms with E-state index in [0.717, 1.165) is 63.7 Å². The minimum Gasteiger partial charge on any atom is -0.545 e. The number of carbonyl (C=O) groups excluding carboxylic acids is 1. The molecule has 35 heavy (non-hydrogen) atoms. The molecule has 196 valence electrons. The van der Waals surface area contributed by atoms with E-state index in [9.17, 15) is 20.1 Å². The van der Waals surface area contributed by atoms with Gasteiger partial charge in [-0.3, -0.25) is 4.90 Å². The lowest BCUT2D eigenvalue weighted by molar-refractivity contribution is -0.829. The summed E-state index contributed by atoms with van der Waals surface area (Å²) in [5.74, 6) is 0.108. The summed E-state index contributed by atoms with van der Waals surface area (Å²) in [5, 5.41) is 37.8. The molecular weight excluding hydrogens is 448 g/mol. The molecule has 5 rings (SSSR count). The Hall–Kier alpha value is -1.52. The maximum Gasteiger partial charge on any atom is 0.293 e. The second-order valence-electron chi connectivity index (χ2n) is 11.6. The molecular formula is C26H42N4O5. The lowest BCUT2D eigenvalue weighted by Gasteiger charge is -2.65. The van der Waals surface area contributed by atoms with Crippen molar-refractivity contribution in [2.45, 2.75) is 50.5 Å². The van der Waals surface area contributed by atoms with E-state index in [1.54, 1.807) is 7.05 Å². The van der Waals surface area contributed by atoms with E-state index in [1.807, 2.05) is 0 Å². The number of aliphatic carboxylic acids is 1. The van der Waals surface area contributed by atoms with Crippen LogP contribution in [0.25, 0.3) is 0 Å². The third-order valence-corrected chi connectivity index (χ3v) is 10.7. The fourth-order valence-electron chi connectivity index (χ4n) is 10.0. The number of nitrogens with zero attached hydrogens (tertiary/aromatic N) is 1. The Labute approximate surface area is 207 Å². The Balaban J connectivity index is 1.74. The van der Waals surface area contributed by atoms with Crippen molar-refractivity contribution in [2.75, 3.05) is 53.6 Å². The van der Waals surface area contributed by atoms with Gasteiger partial charge in [0.05, 0.1) is 32.3 Å². The lowest BCUT2D eigenvalue weighted by Crippen LogP contribution is -3.19. The third-order valence-electron chi connectivity index (χ3n) is 10.7. The number of nitrogens with two attached hydrogens (primary N) is 1. The van der Waals surface area contributed by atoms with Crippen molar-refractivity contribution in [1.82, 2.24) is 5.32 Å². The number of guanidine groups is 1. The first kappa shape index (κ1) is 25.1. The molecule has 4 fully saturated rings. The Morgan fingerprint density at radius 3 is 2.74 bits per heavy atom. The first-order chi connectivity index (χ1) is 16.8. The van der Waals surface area contributed by atoms with Crippen LogP contribution in [0.15, 0.2) is 16.1 Å². The van der Waals surface area contributed by atoms with Gasteiger partial charge in [0.1, 0.15) is 5.60 Å². The minimum absolute atomic E-state index is 0.0255. The van der Waals surface area contributed by atoms with Crippen LogP contribution in [-0.2, 0) is 9.53 Å². The van der Waals surface area contributed by atoms with Crippen LogP contribution in [0.4, 0.5) is 0 Å². The van der Waals surface area contributed by atoms with Crippen molar-refractivity contribution in [3.05, 3.63) is 11.1 Å². The fraction of sp³-hybridized carbons (Fsp3) is 0.846. The number of carboxylic acid groups (broad SMARTS) is 1. The van der Waals surface area contributed by atoms with E-state index >= 15 is 0 Å². The molecule has 0 radical (unpaired) electrons. The van der Waals surface area contributed by atoms with Crippen LogP contribution in [0.2, 0.25) is 0 Å². The van der Waals surface area contributed by atoms with Crippen LogP contribution >= 0.6 is 0 Å². The summed E-state index contributed by atoms with van der Waals surface area (Å²) >= 11 is 0. The summed E-state index contributed by atoms with van der Waals surface area (Å²) in [6, 6.07) is 0. The Morgan fingerprint density at radius 1 is 1.29 bits per heavy atom. The van der Waals surface area contributed by atoms with E-state index in [4.69, 9.17) is 10.5 Å². The number of ether oxygens (including phenoxy) is 1. The molecule has 9 nitrogen and oxygen atoms in total. The predicted octanol–water partition coefficient (Wildman–Crippen LogP) is -1.94. The van der Waals surface area contributed by atoms with E-state index in [-0.39, 0.29) is 30.1 Å². The van der Waals surface area contributed by atoms with Crippen molar-refractivity contribution in [2.24, 2.45) is 45.2 Å². The first-order valence-corrected chi connectivity index (χ1v) is 13.4. The molecule has 2 bridgehead atoms. The second kappa shape index (κ2) is 9.10. The van der Waals surface area contributed by atoms with E-state index in [0.29, 0.717) is 36.7 Å². The van der Waals surface area contributed by atoms with Gasteiger partial charge in [0.2, 0.25) is 0 Å². The highest BCUT2D eigenvalue weighted by molar-refractivity contribution is 5.90. The summed E-state index contributed by atoms with van der Waals surface area (Å²) in [4.78, 5) is 18.2. The normalized spacial score (nSPS) is 44.7. The van der Waals surface area contributed by atoms with Gasteiger partial charge in [0.15, 0.2) is 0 Å².